The summed E-state index contributed by atoms with van der Waals surface area (Å²) in [7, 11) is 0. The molecular weight excluding hydrogens is 372 g/mol. The Hall–Kier alpha value is -3.94. The van der Waals surface area contributed by atoms with E-state index in [2.05, 4.69) is 20.7 Å². The molecule has 1 amide bonds. The molecule has 0 fully saturated rings. The Morgan fingerprint density at radius 2 is 1.83 bits per heavy atom. The highest BCUT2D eigenvalue weighted by Gasteiger charge is 2.11. The smallest absolute Gasteiger partial charge is 0.255 e. The van der Waals surface area contributed by atoms with Crippen LogP contribution in [0, 0.1) is 13.8 Å². The lowest BCUT2D eigenvalue weighted by atomic mass is 10.1. The maximum Gasteiger partial charge on any atom is 0.255 e. The second-order valence-electron chi connectivity index (χ2n) is 6.39. The van der Waals surface area contributed by atoms with Crippen LogP contribution < -0.4 is 10.1 Å². The van der Waals surface area contributed by atoms with E-state index in [1.165, 1.54) is 6.39 Å². The minimum atomic E-state index is -0.215. The van der Waals surface area contributed by atoms with Gasteiger partial charge in [-0.05, 0) is 62.4 Å². The van der Waals surface area contributed by atoms with E-state index < -0.39 is 0 Å². The predicted molar refractivity (Wildman–Crippen MR) is 104 cm³/mol. The third-order valence-electron chi connectivity index (χ3n) is 4.43. The van der Waals surface area contributed by atoms with Crippen molar-refractivity contribution in [2.24, 2.45) is 0 Å². The SMILES string of the molecule is Cc1noc(C)c1COc1ccc(C(=O)Nc2ccc(-c3nnco3)cc2)cc1. The highest BCUT2D eigenvalue weighted by Crippen LogP contribution is 2.21. The van der Waals surface area contributed by atoms with E-state index in [9.17, 15) is 4.79 Å². The number of carbonyl (C=O) groups excluding carboxylic acids is 1. The molecule has 4 aromatic rings. The van der Waals surface area contributed by atoms with Gasteiger partial charge in [0, 0.05) is 16.8 Å². The first kappa shape index (κ1) is 18.4. The summed E-state index contributed by atoms with van der Waals surface area (Å²) in [5, 5.41) is 14.3. The fourth-order valence-electron chi connectivity index (χ4n) is 2.76. The molecule has 0 spiro atoms. The molecule has 8 heteroatoms. The molecule has 0 aliphatic carbocycles. The molecule has 2 aromatic heterocycles. The second-order valence-corrected chi connectivity index (χ2v) is 6.39. The minimum absolute atomic E-state index is 0.215. The zero-order chi connectivity index (χ0) is 20.2. The summed E-state index contributed by atoms with van der Waals surface area (Å²) in [5.74, 6) is 1.61. The first-order chi connectivity index (χ1) is 14.1. The van der Waals surface area contributed by atoms with Crippen molar-refractivity contribution in [1.29, 1.82) is 0 Å². The van der Waals surface area contributed by atoms with Gasteiger partial charge in [-0.25, -0.2) is 0 Å². The Bertz CT molecular complexity index is 1080. The van der Waals surface area contributed by atoms with Crippen molar-refractivity contribution in [3.8, 4) is 17.2 Å². The van der Waals surface area contributed by atoms with Gasteiger partial charge < -0.3 is 19.0 Å². The first-order valence-corrected chi connectivity index (χ1v) is 8.93. The van der Waals surface area contributed by atoms with Crippen LogP contribution in [0.3, 0.4) is 0 Å². The van der Waals surface area contributed by atoms with Crippen LogP contribution in [0.2, 0.25) is 0 Å². The average Bonchev–Trinajstić information content (AvgIpc) is 3.38. The maximum atomic E-state index is 12.5. The van der Waals surface area contributed by atoms with Crippen molar-refractivity contribution in [2.75, 3.05) is 5.32 Å². The lowest BCUT2D eigenvalue weighted by Crippen LogP contribution is -2.11. The molecule has 0 saturated heterocycles. The zero-order valence-electron chi connectivity index (χ0n) is 15.9. The van der Waals surface area contributed by atoms with Gasteiger partial charge >= 0.3 is 0 Å². The summed E-state index contributed by atoms with van der Waals surface area (Å²) in [6, 6.07) is 14.1. The summed E-state index contributed by atoms with van der Waals surface area (Å²) in [6.45, 7) is 4.08. The molecule has 2 aromatic carbocycles. The molecule has 0 saturated carbocycles. The van der Waals surface area contributed by atoms with E-state index in [0.717, 1.165) is 22.6 Å². The molecule has 0 aliphatic heterocycles. The summed E-state index contributed by atoms with van der Waals surface area (Å²) >= 11 is 0. The van der Waals surface area contributed by atoms with Crippen molar-refractivity contribution >= 4 is 11.6 Å². The van der Waals surface area contributed by atoms with Crippen LogP contribution >= 0.6 is 0 Å². The van der Waals surface area contributed by atoms with Crippen molar-refractivity contribution in [3.05, 3.63) is 77.5 Å². The number of aryl methyl sites for hydroxylation is 2. The number of anilines is 1. The van der Waals surface area contributed by atoms with E-state index >= 15 is 0 Å². The van der Waals surface area contributed by atoms with Crippen molar-refractivity contribution < 1.29 is 18.5 Å². The molecule has 2 heterocycles. The van der Waals surface area contributed by atoms with Gasteiger partial charge in [-0.2, -0.15) is 0 Å². The standard InChI is InChI=1S/C21H18N4O4/c1-13-19(14(2)29-25-13)11-27-18-9-5-15(6-10-18)20(26)23-17-7-3-16(4-8-17)21-24-22-12-28-21/h3-10,12H,11H2,1-2H3,(H,23,26). The van der Waals surface area contributed by atoms with Crippen LogP contribution in [0.5, 0.6) is 5.75 Å². The third kappa shape index (κ3) is 4.16. The van der Waals surface area contributed by atoms with Crippen molar-refractivity contribution in [1.82, 2.24) is 15.4 Å². The van der Waals surface area contributed by atoms with Gasteiger partial charge in [0.05, 0.1) is 11.3 Å². The molecule has 0 bridgehead atoms. The highest BCUT2D eigenvalue weighted by molar-refractivity contribution is 6.04. The molecule has 8 nitrogen and oxygen atoms in total. The molecule has 0 atom stereocenters. The number of aromatic nitrogens is 3. The lowest BCUT2D eigenvalue weighted by molar-refractivity contribution is 0.102. The van der Waals surface area contributed by atoms with Crippen LogP contribution in [0.4, 0.5) is 5.69 Å². The number of benzene rings is 2. The maximum absolute atomic E-state index is 12.5. The first-order valence-electron chi connectivity index (χ1n) is 8.93. The number of amides is 1. The summed E-state index contributed by atoms with van der Waals surface area (Å²) in [5.41, 5.74) is 3.70. The molecular formula is C21H18N4O4. The molecule has 0 unspecified atom stereocenters. The summed E-state index contributed by atoms with van der Waals surface area (Å²) < 4.78 is 16.0. The van der Waals surface area contributed by atoms with Crippen LogP contribution in [0.15, 0.2) is 63.9 Å². The van der Waals surface area contributed by atoms with Crippen LogP contribution in [-0.4, -0.2) is 21.3 Å². The van der Waals surface area contributed by atoms with Gasteiger partial charge in [-0.15, -0.1) is 10.2 Å². The zero-order valence-corrected chi connectivity index (χ0v) is 15.9. The minimum Gasteiger partial charge on any atom is -0.489 e. The third-order valence-corrected chi connectivity index (χ3v) is 4.43. The Morgan fingerprint density at radius 3 is 2.45 bits per heavy atom. The normalized spacial score (nSPS) is 10.7. The lowest BCUT2D eigenvalue weighted by Gasteiger charge is -2.08. The Kier molecular flexibility index (Phi) is 5.07. The fraction of sp³-hybridized carbons (Fsp3) is 0.143. The largest absolute Gasteiger partial charge is 0.489 e. The van der Waals surface area contributed by atoms with E-state index in [0.29, 0.717) is 29.5 Å². The quantitative estimate of drug-likeness (QED) is 0.527. The predicted octanol–water partition coefficient (Wildman–Crippen LogP) is 4.17. The second kappa shape index (κ2) is 7.97. The average molecular weight is 390 g/mol. The van der Waals surface area contributed by atoms with Crippen molar-refractivity contribution in [3.63, 3.8) is 0 Å². The number of hydrogen-bond donors (Lipinski definition) is 1. The van der Waals surface area contributed by atoms with Crippen LogP contribution in [-0.2, 0) is 6.61 Å². The van der Waals surface area contributed by atoms with Crippen LogP contribution in [0.25, 0.3) is 11.5 Å². The number of nitrogens with one attached hydrogen (secondary N) is 1. The topological polar surface area (TPSA) is 103 Å². The summed E-state index contributed by atoms with van der Waals surface area (Å²) in [4.78, 5) is 12.5. The molecule has 146 valence electrons. The molecule has 29 heavy (non-hydrogen) atoms. The Labute approximate surface area is 166 Å². The van der Waals surface area contributed by atoms with Gasteiger partial charge in [-0.1, -0.05) is 5.16 Å². The molecule has 0 radical (unpaired) electrons. The number of nitrogens with zero attached hydrogens (tertiary/aromatic N) is 3. The fourth-order valence-corrected chi connectivity index (χ4v) is 2.76. The van der Waals surface area contributed by atoms with Gasteiger partial charge in [0.15, 0.2) is 0 Å². The summed E-state index contributed by atoms with van der Waals surface area (Å²) in [6.07, 6.45) is 1.27. The van der Waals surface area contributed by atoms with E-state index in [1.54, 1.807) is 48.5 Å². The Morgan fingerprint density at radius 1 is 1.07 bits per heavy atom. The van der Waals surface area contributed by atoms with E-state index in [1.807, 2.05) is 13.8 Å². The highest BCUT2D eigenvalue weighted by atomic mass is 16.5. The van der Waals surface area contributed by atoms with Gasteiger partial charge in [0.2, 0.25) is 12.3 Å². The number of carbonyl (C=O) groups is 1. The Balaban J connectivity index is 1.36. The molecule has 1 N–H and O–H groups in total. The van der Waals surface area contributed by atoms with Gasteiger partial charge in [0.1, 0.15) is 18.1 Å². The monoisotopic (exact) mass is 390 g/mol. The molecule has 4 rings (SSSR count). The van der Waals surface area contributed by atoms with Crippen molar-refractivity contribution in [2.45, 2.75) is 20.5 Å². The van der Waals surface area contributed by atoms with Gasteiger partial charge in [0.25, 0.3) is 5.91 Å². The van der Waals surface area contributed by atoms with Crippen LogP contribution in [0.1, 0.15) is 27.4 Å². The van der Waals surface area contributed by atoms with Gasteiger partial charge in [-0.3, -0.25) is 4.79 Å². The number of rotatable bonds is 6. The number of hydrogen-bond acceptors (Lipinski definition) is 7. The van der Waals surface area contributed by atoms with E-state index in [4.69, 9.17) is 13.7 Å². The van der Waals surface area contributed by atoms with E-state index in [-0.39, 0.29) is 5.91 Å². The molecule has 0 aliphatic rings. The number of ether oxygens (including phenoxy) is 1.